The van der Waals surface area contributed by atoms with E-state index in [1.807, 2.05) is 36.4 Å². The SMILES string of the molecule is COc1cccc(C(CNc2ncnc3ccccc23)N(C)C)c1. The van der Waals surface area contributed by atoms with E-state index in [-0.39, 0.29) is 6.04 Å². The van der Waals surface area contributed by atoms with Crippen LogP contribution < -0.4 is 10.1 Å². The summed E-state index contributed by atoms with van der Waals surface area (Å²) in [5.41, 5.74) is 2.14. The van der Waals surface area contributed by atoms with Gasteiger partial charge in [0.25, 0.3) is 0 Å². The molecule has 3 aromatic rings. The van der Waals surface area contributed by atoms with Crippen LogP contribution in [0.15, 0.2) is 54.9 Å². The first-order valence-corrected chi connectivity index (χ1v) is 7.93. The molecule has 0 saturated heterocycles. The van der Waals surface area contributed by atoms with E-state index in [9.17, 15) is 0 Å². The summed E-state index contributed by atoms with van der Waals surface area (Å²) < 4.78 is 5.35. The largest absolute Gasteiger partial charge is 0.497 e. The van der Waals surface area contributed by atoms with Crippen LogP contribution in [0.5, 0.6) is 5.75 Å². The molecule has 0 aliphatic carbocycles. The Bertz CT molecular complexity index is 814. The zero-order valence-electron chi connectivity index (χ0n) is 14.2. The number of nitrogens with zero attached hydrogens (tertiary/aromatic N) is 3. The van der Waals surface area contributed by atoms with E-state index in [0.717, 1.165) is 29.0 Å². The van der Waals surface area contributed by atoms with Crippen molar-refractivity contribution in [3.05, 3.63) is 60.4 Å². The number of rotatable bonds is 6. The molecular formula is C19H22N4O. The maximum Gasteiger partial charge on any atom is 0.137 e. The molecule has 3 rings (SSSR count). The molecule has 24 heavy (non-hydrogen) atoms. The molecule has 1 heterocycles. The van der Waals surface area contributed by atoms with E-state index < -0.39 is 0 Å². The van der Waals surface area contributed by atoms with Crippen LogP contribution in [-0.4, -0.2) is 42.6 Å². The lowest BCUT2D eigenvalue weighted by molar-refractivity contribution is 0.310. The first-order chi connectivity index (χ1) is 11.7. The Morgan fingerprint density at radius 2 is 1.92 bits per heavy atom. The predicted molar refractivity (Wildman–Crippen MR) is 97.4 cm³/mol. The normalized spacial score (nSPS) is 12.3. The van der Waals surface area contributed by atoms with Crippen molar-refractivity contribution >= 4 is 16.7 Å². The summed E-state index contributed by atoms with van der Waals surface area (Å²) >= 11 is 0. The van der Waals surface area contributed by atoms with Crippen molar-refractivity contribution < 1.29 is 4.74 Å². The summed E-state index contributed by atoms with van der Waals surface area (Å²) in [5, 5.41) is 4.50. The van der Waals surface area contributed by atoms with Crippen LogP contribution in [0, 0.1) is 0 Å². The van der Waals surface area contributed by atoms with Gasteiger partial charge in [-0.2, -0.15) is 0 Å². The highest BCUT2D eigenvalue weighted by atomic mass is 16.5. The number of methoxy groups -OCH3 is 1. The molecule has 124 valence electrons. The average molecular weight is 322 g/mol. The molecule has 1 N–H and O–H groups in total. The molecule has 0 radical (unpaired) electrons. The molecule has 1 unspecified atom stereocenters. The van der Waals surface area contributed by atoms with Crippen LogP contribution in [0.2, 0.25) is 0 Å². The predicted octanol–water partition coefficient (Wildman–Crippen LogP) is 3.35. The number of benzene rings is 2. The number of ether oxygens (including phenoxy) is 1. The maximum atomic E-state index is 5.35. The minimum atomic E-state index is 0.203. The van der Waals surface area contributed by atoms with Gasteiger partial charge in [0, 0.05) is 11.9 Å². The van der Waals surface area contributed by atoms with Crippen LogP contribution in [0.3, 0.4) is 0 Å². The molecule has 2 aromatic carbocycles. The minimum Gasteiger partial charge on any atom is -0.497 e. The third-order valence-electron chi connectivity index (χ3n) is 4.11. The molecular weight excluding hydrogens is 300 g/mol. The quantitative estimate of drug-likeness (QED) is 0.754. The van der Waals surface area contributed by atoms with E-state index in [1.165, 1.54) is 5.56 Å². The Morgan fingerprint density at radius 3 is 2.71 bits per heavy atom. The summed E-state index contributed by atoms with van der Waals surface area (Å²) in [6.45, 7) is 0.737. The molecule has 1 aromatic heterocycles. The fraction of sp³-hybridized carbons (Fsp3) is 0.263. The van der Waals surface area contributed by atoms with Gasteiger partial charge in [0.1, 0.15) is 17.9 Å². The second kappa shape index (κ2) is 7.27. The van der Waals surface area contributed by atoms with Gasteiger partial charge in [-0.25, -0.2) is 9.97 Å². The Hall–Kier alpha value is -2.66. The summed E-state index contributed by atoms with van der Waals surface area (Å²) in [7, 11) is 5.84. The minimum absolute atomic E-state index is 0.203. The average Bonchev–Trinajstić information content (AvgIpc) is 2.62. The number of para-hydroxylation sites is 1. The van der Waals surface area contributed by atoms with Crippen LogP contribution in [0.4, 0.5) is 5.82 Å². The number of hydrogen-bond donors (Lipinski definition) is 1. The zero-order chi connectivity index (χ0) is 16.9. The number of hydrogen-bond acceptors (Lipinski definition) is 5. The van der Waals surface area contributed by atoms with E-state index in [2.05, 4.69) is 46.4 Å². The fourth-order valence-corrected chi connectivity index (χ4v) is 2.79. The molecule has 0 spiro atoms. The van der Waals surface area contributed by atoms with Crippen LogP contribution in [0.1, 0.15) is 11.6 Å². The lowest BCUT2D eigenvalue weighted by Crippen LogP contribution is -2.27. The zero-order valence-corrected chi connectivity index (χ0v) is 14.2. The van der Waals surface area contributed by atoms with E-state index in [1.54, 1.807) is 13.4 Å². The summed E-state index contributed by atoms with van der Waals surface area (Å²) in [5.74, 6) is 1.72. The van der Waals surface area contributed by atoms with Gasteiger partial charge >= 0.3 is 0 Å². The van der Waals surface area contributed by atoms with Gasteiger partial charge < -0.3 is 15.0 Å². The molecule has 1 atom stereocenters. The van der Waals surface area contributed by atoms with Crippen molar-refractivity contribution in [3.63, 3.8) is 0 Å². The highest BCUT2D eigenvalue weighted by Crippen LogP contribution is 2.24. The maximum absolute atomic E-state index is 5.35. The number of aromatic nitrogens is 2. The van der Waals surface area contributed by atoms with Gasteiger partial charge in [-0.05, 0) is 43.9 Å². The molecule has 0 aliphatic heterocycles. The van der Waals surface area contributed by atoms with Crippen molar-refractivity contribution in [1.29, 1.82) is 0 Å². The first-order valence-electron chi connectivity index (χ1n) is 7.93. The molecule has 0 saturated carbocycles. The van der Waals surface area contributed by atoms with Crippen molar-refractivity contribution in [2.45, 2.75) is 6.04 Å². The van der Waals surface area contributed by atoms with Gasteiger partial charge in [-0.15, -0.1) is 0 Å². The number of nitrogens with one attached hydrogen (secondary N) is 1. The fourth-order valence-electron chi connectivity index (χ4n) is 2.79. The summed E-state index contributed by atoms with van der Waals surface area (Å²) in [6.07, 6.45) is 1.60. The second-order valence-corrected chi connectivity index (χ2v) is 5.88. The first kappa shape index (κ1) is 16.2. The molecule has 0 aliphatic rings. The van der Waals surface area contributed by atoms with Gasteiger partial charge in [0.2, 0.25) is 0 Å². The molecule has 5 nitrogen and oxygen atoms in total. The van der Waals surface area contributed by atoms with E-state index >= 15 is 0 Å². The lowest BCUT2D eigenvalue weighted by atomic mass is 10.1. The summed E-state index contributed by atoms with van der Waals surface area (Å²) in [6, 6.07) is 16.4. The van der Waals surface area contributed by atoms with Crippen LogP contribution in [-0.2, 0) is 0 Å². The Labute approximate surface area is 142 Å². The van der Waals surface area contributed by atoms with Crippen molar-refractivity contribution in [1.82, 2.24) is 14.9 Å². The number of fused-ring (bicyclic) bond motifs is 1. The highest BCUT2D eigenvalue weighted by molar-refractivity contribution is 5.88. The van der Waals surface area contributed by atoms with Gasteiger partial charge in [-0.1, -0.05) is 24.3 Å². The van der Waals surface area contributed by atoms with Gasteiger partial charge in [0.15, 0.2) is 0 Å². The molecule has 0 fully saturated rings. The molecule has 0 amide bonds. The van der Waals surface area contributed by atoms with Gasteiger partial charge in [-0.3, -0.25) is 0 Å². The van der Waals surface area contributed by atoms with E-state index in [0.29, 0.717) is 0 Å². The third-order valence-corrected chi connectivity index (χ3v) is 4.11. The monoisotopic (exact) mass is 322 g/mol. The van der Waals surface area contributed by atoms with Crippen molar-refractivity contribution in [3.8, 4) is 5.75 Å². The van der Waals surface area contributed by atoms with Crippen LogP contribution >= 0.6 is 0 Å². The Morgan fingerprint density at radius 1 is 1.08 bits per heavy atom. The smallest absolute Gasteiger partial charge is 0.137 e. The lowest BCUT2D eigenvalue weighted by Gasteiger charge is -2.26. The Kier molecular flexibility index (Phi) is 4.91. The highest BCUT2D eigenvalue weighted by Gasteiger charge is 2.15. The molecule has 5 heteroatoms. The number of anilines is 1. The Balaban J connectivity index is 1.83. The number of likely N-dealkylation sites (N-methyl/N-ethyl adjacent to an activating group) is 1. The second-order valence-electron chi connectivity index (χ2n) is 5.88. The van der Waals surface area contributed by atoms with Gasteiger partial charge in [0.05, 0.1) is 18.7 Å². The summed E-state index contributed by atoms with van der Waals surface area (Å²) in [4.78, 5) is 10.9. The third kappa shape index (κ3) is 3.46. The topological polar surface area (TPSA) is 50.3 Å². The van der Waals surface area contributed by atoms with Crippen LogP contribution in [0.25, 0.3) is 10.9 Å². The standard InChI is InChI=1S/C19H22N4O/c1-23(2)18(14-7-6-8-15(11-14)24-3)12-20-19-16-9-4-5-10-17(16)21-13-22-19/h4-11,13,18H,12H2,1-3H3,(H,20,21,22). The van der Waals surface area contributed by atoms with Crippen molar-refractivity contribution in [2.24, 2.45) is 0 Å². The molecule has 0 bridgehead atoms. The van der Waals surface area contributed by atoms with E-state index in [4.69, 9.17) is 4.74 Å². The van der Waals surface area contributed by atoms with Crippen molar-refractivity contribution in [2.75, 3.05) is 33.1 Å².